The molecule has 0 spiro atoms. The van der Waals surface area contributed by atoms with Crippen LogP contribution in [0.2, 0.25) is 0 Å². The number of rotatable bonds is 7. The second-order valence-corrected chi connectivity index (χ2v) is 10.9. The van der Waals surface area contributed by atoms with Crippen LogP contribution in [0.5, 0.6) is 0 Å². The lowest BCUT2D eigenvalue weighted by molar-refractivity contribution is -0.122. The number of anilines is 1. The topological polar surface area (TPSA) is 52.7 Å². The maximum absolute atomic E-state index is 13.3. The molecule has 1 fully saturated rings. The minimum absolute atomic E-state index is 0.0272. The van der Waals surface area contributed by atoms with Gasteiger partial charge in [-0.3, -0.25) is 14.5 Å². The molecule has 0 aliphatic carbocycles. The zero-order valence-corrected chi connectivity index (χ0v) is 21.2. The smallest absolute Gasteiger partial charge is 0.265 e. The molecule has 34 heavy (non-hydrogen) atoms. The fourth-order valence-electron chi connectivity index (χ4n) is 4.94. The van der Waals surface area contributed by atoms with Crippen molar-refractivity contribution >= 4 is 35.3 Å². The monoisotopic (exact) mass is 477 g/mol. The molecule has 6 heteroatoms. The molecular weight excluding hydrogens is 442 g/mol. The van der Waals surface area contributed by atoms with Gasteiger partial charge in [0.15, 0.2) is 0 Å². The van der Waals surface area contributed by atoms with Gasteiger partial charge in [0.2, 0.25) is 5.91 Å². The molecule has 0 aromatic heterocycles. The summed E-state index contributed by atoms with van der Waals surface area (Å²) in [7, 11) is 0. The molecule has 2 aliphatic rings. The first-order valence-electron chi connectivity index (χ1n) is 12.2. The average molecular weight is 478 g/mol. The van der Waals surface area contributed by atoms with Crippen LogP contribution in [-0.2, 0) is 9.59 Å². The van der Waals surface area contributed by atoms with E-state index in [0.29, 0.717) is 11.4 Å². The lowest BCUT2D eigenvalue weighted by atomic mass is 9.92. The first-order chi connectivity index (χ1) is 16.4. The fraction of sp³-hybridized carbons (Fsp3) is 0.429. The van der Waals surface area contributed by atoms with Crippen molar-refractivity contribution in [1.29, 1.82) is 0 Å². The number of amides is 2. The van der Waals surface area contributed by atoms with E-state index >= 15 is 0 Å². The highest BCUT2D eigenvalue weighted by atomic mass is 32.2. The highest BCUT2D eigenvalue weighted by molar-refractivity contribution is 8.04. The fourth-order valence-corrected chi connectivity index (χ4v) is 6.00. The molecule has 180 valence electrons. The number of para-hydroxylation sites is 1. The molecule has 5 nitrogen and oxygen atoms in total. The Balaban J connectivity index is 1.37. The van der Waals surface area contributed by atoms with Crippen molar-refractivity contribution in [3.63, 3.8) is 0 Å². The number of thioether (sulfide) groups is 1. The summed E-state index contributed by atoms with van der Waals surface area (Å²) in [6, 6.07) is 15.9. The number of benzene rings is 2. The van der Waals surface area contributed by atoms with Crippen LogP contribution in [0.1, 0.15) is 37.8 Å². The highest BCUT2D eigenvalue weighted by Crippen LogP contribution is 2.41. The van der Waals surface area contributed by atoms with Gasteiger partial charge in [0.05, 0.1) is 10.6 Å². The minimum Gasteiger partial charge on any atom is -0.355 e. The summed E-state index contributed by atoms with van der Waals surface area (Å²) < 4.78 is 0. The zero-order valence-electron chi connectivity index (χ0n) is 20.4. The molecule has 1 saturated heterocycles. The lowest BCUT2D eigenvalue weighted by Crippen LogP contribution is -2.43. The van der Waals surface area contributed by atoms with E-state index in [1.165, 1.54) is 23.7 Å². The minimum atomic E-state index is -0.129. The van der Waals surface area contributed by atoms with Gasteiger partial charge >= 0.3 is 0 Å². The van der Waals surface area contributed by atoms with Crippen molar-refractivity contribution in [3.8, 4) is 0 Å². The third-order valence-corrected chi connectivity index (χ3v) is 7.50. The summed E-state index contributed by atoms with van der Waals surface area (Å²) in [4.78, 5) is 31.9. The van der Waals surface area contributed by atoms with Gasteiger partial charge in [-0.25, -0.2) is 0 Å². The van der Waals surface area contributed by atoms with E-state index in [1.807, 2.05) is 61.5 Å². The van der Waals surface area contributed by atoms with Gasteiger partial charge in [-0.2, -0.15) is 0 Å². The molecule has 0 bridgehead atoms. The first kappa shape index (κ1) is 24.6. The summed E-state index contributed by atoms with van der Waals surface area (Å²) in [5, 5.41) is 3.03. The Labute approximate surface area is 207 Å². The van der Waals surface area contributed by atoms with Crippen molar-refractivity contribution < 1.29 is 9.59 Å². The van der Waals surface area contributed by atoms with Gasteiger partial charge in [0.1, 0.15) is 6.54 Å². The molecule has 2 aliphatic heterocycles. The molecule has 0 unspecified atom stereocenters. The van der Waals surface area contributed by atoms with Gasteiger partial charge in [-0.15, -0.1) is 0 Å². The Morgan fingerprint density at radius 1 is 1.09 bits per heavy atom. The van der Waals surface area contributed by atoms with Crippen LogP contribution in [0.3, 0.4) is 0 Å². The summed E-state index contributed by atoms with van der Waals surface area (Å²) in [6.07, 6.45) is 4.13. The van der Waals surface area contributed by atoms with E-state index in [0.717, 1.165) is 54.0 Å². The molecule has 0 radical (unpaired) electrons. The molecule has 4 rings (SSSR count). The number of carbonyl (C=O) groups excluding carboxylic acids is 2. The Morgan fingerprint density at radius 3 is 2.53 bits per heavy atom. The van der Waals surface area contributed by atoms with Crippen LogP contribution in [0.4, 0.5) is 5.69 Å². The van der Waals surface area contributed by atoms with Gasteiger partial charge in [-0.1, -0.05) is 67.6 Å². The van der Waals surface area contributed by atoms with Crippen molar-refractivity contribution in [2.45, 2.75) is 38.5 Å². The number of aryl methyl sites for hydroxylation is 1. The van der Waals surface area contributed by atoms with Gasteiger partial charge in [-0.05, 0) is 61.9 Å². The third-order valence-electron chi connectivity index (χ3n) is 6.43. The molecule has 0 saturated carbocycles. The van der Waals surface area contributed by atoms with Crippen LogP contribution >= 0.6 is 11.8 Å². The molecule has 2 aromatic rings. The van der Waals surface area contributed by atoms with E-state index in [1.54, 1.807) is 4.90 Å². The summed E-state index contributed by atoms with van der Waals surface area (Å²) in [5.41, 5.74) is 2.95. The molecule has 2 aromatic carbocycles. The van der Waals surface area contributed by atoms with Gasteiger partial charge < -0.3 is 10.2 Å². The Hall–Kier alpha value is -2.57. The quantitative estimate of drug-likeness (QED) is 0.452. The van der Waals surface area contributed by atoms with E-state index < -0.39 is 0 Å². The SMILES string of the molecule is Cc1ccc(/C=C2/Sc3ccccc3N(CC(=O)NCCCN3C[C@H](C)C[C@@H](C)C3)C2=O)cc1. The number of piperidine rings is 1. The Morgan fingerprint density at radius 2 is 1.79 bits per heavy atom. The van der Waals surface area contributed by atoms with Gasteiger partial charge in [0.25, 0.3) is 5.91 Å². The molecule has 1 N–H and O–H groups in total. The first-order valence-corrected chi connectivity index (χ1v) is 13.1. The average Bonchev–Trinajstić information content (AvgIpc) is 2.80. The van der Waals surface area contributed by atoms with E-state index in [4.69, 9.17) is 0 Å². The number of nitrogens with one attached hydrogen (secondary N) is 1. The Kier molecular flexibility index (Phi) is 8.11. The molecule has 2 amide bonds. The van der Waals surface area contributed by atoms with Gasteiger partial charge in [0, 0.05) is 24.5 Å². The maximum Gasteiger partial charge on any atom is 0.265 e. The number of hydrogen-bond donors (Lipinski definition) is 1. The van der Waals surface area contributed by atoms with E-state index in [-0.39, 0.29) is 18.4 Å². The highest BCUT2D eigenvalue weighted by Gasteiger charge is 2.30. The maximum atomic E-state index is 13.3. The summed E-state index contributed by atoms with van der Waals surface area (Å²) in [6.45, 7) is 10.6. The van der Waals surface area contributed by atoms with Crippen molar-refractivity contribution in [1.82, 2.24) is 10.2 Å². The third kappa shape index (κ3) is 6.30. The van der Waals surface area contributed by atoms with Crippen LogP contribution in [0.15, 0.2) is 58.3 Å². The van der Waals surface area contributed by atoms with Crippen LogP contribution in [-0.4, -0.2) is 49.4 Å². The van der Waals surface area contributed by atoms with Crippen LogP contribution < -0.4 is 10.2 Å². The number of likely N-dealkylation sites (tertiary alicyclic amines) is 1. The lowest BCUT2D eigenvalue weighted by Gasteiger charge is -2.35. The zero-order chi connectivity index (χ0) is 24.1. The summed E-state index contributed by atoms with van der Waals surface area (Å²) in [5.74, 6) is 1.23. The normalized spacial score (nSPS) is 22.0. The summed E-state index contributed by atoms with van der Waals surface area (Å²) >= 11 is 1.47. The largest absolute Gasteiger partial charge is 0.355 e. The molecule has 2 heterocycles. The standard InChI is InChI=1S/C28H35N3O2S/c1-20-9-11-23(12-10-20)16-26-28(33)31(24-7-4-5-8-25(24)34-26)19-27(32)29-13-6-14-30-17-21(2)15-22(3)18-30/h4-5,7-12,16,21-22H,6,13-15,17-19H2,1-3H3,(H,29,32)/b26-16+/t21-,22-/m1/s1. The number of hydrogen-bond acceptors (Lipinski definition) is 4. The van der Waals surface area contributed by atoms with Crippen LogP contribution in [0, 0.1) is 18.8 Å². The number of fused-ring (bicyclic) bond motifs is 1. The number of nitrogens with zero attached hydrogens (tertiary/aromatic N) is 2. The second kappa shape index (κ2) is 11.2. The Bertz CT molecular complexity index is 1040. The molecule has 2 atom stereocenters. The van der Waals surface area contributed by atoms with E-state index in [2.05, 4.69) is 24.1 Å². The second-order valence-electron chi connectivity index (χ2n) is 9.79. The van der Waals surface area contributed by atoms with Crippen LogP contribution in [0.25, 0.3) is 6.08 Å². The van der Waals surface area contributed by atoms with E-state index in [9.17, 15) is 9.59 Å². The van der Waals surface area contributed by atoms with Crippen molar-refractivity contribution in [2.24, 2.45) is 11.8 Å². The number of carbonyl (C=O) groups is 2. The van der Waals surface area contributed by atoms with Crippen molar-refractivity contribution in [3.05, 3.63) is 64.6 Å². The van der Waals surface area contributed by atoms with Crippen molar-refractivity contribution in [2.75, 3.05) is 37.6 Å². The predicted octanol–water partition coefficient (Wildman–Crippen LogP) is 4.96. The molecular formula is C28H35N3O2S. The predicted molar refractivity (Wildman–Crippen MR) is 141 cm³/mol.